The maximum Gasteiger partial charge on any atom is 0.296 e. The zero-order valence-electron chi connectivity index (χ0n) is 36.2. The van der Waals surface area contributed by atoms with Crippen LogP contribution in [-0.2, 0) is 10.8 Å². The van der Waals surface area contributed by atoms with E-state index in [1.165, 1.54) is 56.8 Å². The van der Waals surface area contributed by atoms with Crippen molar-refractivity contribution in [3.63, 3.8) is 0 Å². The van der Waals surface area contributed by atoms with E-state index < -0.39 is 4.92 Å². The largest absolute Gasteiger partial charge is 0.397 e. The zero-order chi connectivity index (χ0) is 43.8. The van der Waals surface area contributed by atoms with E-state index in [9.17, 15) is 10.1 Å². The van der Waals surface area contributed by atoms with Crippen molar-refractivity contribution >= 4 is 51.2 Å². The summed E-state index contributed by atoms with van der Waals surface area (Å²) in [5.41, 5.74) is 27.5. The van der Waals surface area contributed by atoms with Crippen molar-refractivity contribution in [2.45, 2.75) is 57.8 Å². The number of nitrogens with zero attached hydrogens (tertiary/aromatic N) is 5. The Morgan fingerprint density at radius 2 is 1.35 bits per heavy atom. The average molecular weight is 825 g/mol. The maximum atomic E-state index is 10.9. The summed E-state index contributed by atoms with van der Waals surface area (Å²) >= 11 is 0. The van der Waals surface area contributed by atoms with E-state index in [1.54, 1.807) is 12.1 Å². The SMILES string of the molecule is CN1/C(=C/C=C2\CCCC(/C=C/C3=[N+](C)c4ccccc4C3(C)C)=C2Nc2ccccc2N)C(C)(C)c2ccccc21.Nc1ccccc1Nc1ccc([N+](=O)[O-])c2c1=NCN=2. The van der Waals surface area contributed by atoms with Gasteiger partial charge in [0.2, 0.25) is 5.69 Å². The molecule has 11 heteroatoms. The lowest BCUT2D eigenvalue weighted by Gasteiger charge is -2.26. The first-order valence-corrected chi connectivity index (χ1v) is 21.0. The molecule has 3 heterocycles. The Labute approximate surface area is 363 Å². The third kappa shape index (κ3) is 7.66. The van der Waals surface area contributed by atoms with Crippen LogP contribution in [0.3, 0.4) is 0 Å². The molecule has 0 bridgehead atoms. The highest BCUT2D eigenvalue weighted by atomic mass is 16.6. The minimum Gasteiger partial charge on any atom is -0.397 e. The van der Waals surface area contributed by atoms with Crippen LogP contribution in [0.5, 0.6) is 0 Å². The van der Waals surface area contributed by atoms with Gasteiger partial charge in [0.25, 0.3) is 5.69 Å². The average Bonchev–Trinajstić information content (AvgIpc) is 3.89. The molecule has 0 amide bonds. The van der Waals surface area contributed by atoms with Gasteiger partial charge in [-0.2, -0.15) is 4.58 Å². The van der Waals surface area contributed by atoms with Crippen molar-refractivity contribution in [1.29, 1.82) is 0 Å². The van der Waals surface area contributed by atoms with E-state index in [0.29, 0.717) is 22.1 Å². The number of hydrogen-bond acceptors (Lipinski definition) is 9. The van der Waals surface area contributed by atoms with Gasteiger partial charge in [0.1, 0.15) is 19.1 Å². The Morgan fingerprint density at radius 1 is 0.726 bits per heavy atom. The van der Waals surface area contributed by atoms with Gasteiger partial charge in [0.05, 0.1) is 38.8 Å². The molecular formula is C51H54N9O2+. The van der Waals surface area contributed by atoms with E-state index in [-0.39, 0.29) is 23.2 Å². The summed E-state index contributed by atoms with van der Waals surface area (Å²) in [4.78, 5) is 21.1. The van der Waals surface area contributed by atoms with Crippen LogP contribution in [-0.4, -0.2) is 36.0 Å². The van der Waals surface area contributed by atoms with Crippen molar-refractivity contribution in [2.75, 3.05) is 47.8 Å². The normalized spacial score (nSPS) is 18.2. The van der Waals surface area contributed by atoms with Gasteiger partial charge in [-0.1, -0.05) is 86.7 Å². The first-order chi connectivity index (χ1) is 29.8. The zero-order valence-corrected chi connectivity index (χ0v) is 36.2. The van der Waals surface area contributed by atoms with Gasteiger partial charge in [0, 0.05) is 53.3 Å². The molecule has 0 spiro atoms. The number of para-hydroxylation sites is 6. The molecule has 9 rings (SSSR count). The lowest BCUT2D eigenvalue weighted by molar-refractivity contribution is -0.401. The minimum absolute atomic E-state index is 0.0344. The number of rotatable bonds is 8. The second-order valence-corrected chi connectivity index (χ2v) is 17.1. The number of hydrogen-bond donors (Lipinski definition) is 4. The Kier molecular flexibility index (Phi) is 11.1. The number of nitrogen functional groups attached to an aromatic ring is 2. The number of likely N-dealkylation sites (N-methyl/N-ethyl adjacent to an activating group) is 1. The number of anilines is 6. The van der Waals surface area contributed by atoms with Gasteiger partial charge in [-0.3, -0.25) is 20.1 Å². The van der Waals surface area contributed by atoms with E-state index >= 15 is 0 Å². The topological polar surface area (TPSA) is 150 Å². The van der Waals surface area contributed by atoms with Crippen LogP contribution in [0.25, 0.3) is 0 Å². The van der Waals surface area contributed by atoms with Crippen LogP contribution >= 0.6 is 0 Å². The van der Waals surface area contributed by atoms with Gasteiger partial charge >= 0.3 is 0 Å². The maximum absolute atomic E-state index is 10.9. The summed E-state index contributed by atoms with van der Waals surface area (Å²) < 4.78 is 2.34. The number of nitro groups is 1. The minimum atomic E-state index is -0.455. The monoisotopic (exact) mass is 824 g/mol. The van der Waals surface area contributed by atoms with Crippen molar-refractivity contribution in [2.24, 2.45) is 9.98 Å². The predicted octanol–water partition coefficient (Wildman–Crippen LogP) is 9.75. The van der Waals surface area contributed by atoms with Crippen LogP contribution in [0.1, 0.15) is 58.1 Å². The van der Waals surface area contributed by atoms with Crippen LogP contribution in [0, 0.1) is 10.1 Å². The van der Waals surface area contributed by atoms with Gasteiger partial charge in [-0.25, -0.2) is 0 Å². The molecule has 3 aliphatic heterocycles. The van der Waals surface area contributed by atoms with Crippen LogP contribution in [0.2, 0.25) is 0 Å². The molecule has 0 unspecified atom stereocenters. The number of nitrogens with one attached hydrogen (secondary N) is 2. The Hall–Kier alpha value is -7.27. The number of allylic oxidation sites excluding steroid dienone is 7. The number of benzene rings is 5. The van der Waals surface area contributed by atoms with Gasteiger partial charge in [-0.15, -0.1) is 0 Å². The Morgan fingerprint density at radius 3 is 2.03 bits per heavy atom. The second-order valence-electron chi connectivity index (χ2n) is 17.1. The highest BCUT2D eigenvalue weighted by molar-refractivity contribution is 6.03. The molecule has 5 aromatic carbocycles. The molecule has 0 aromatic heterocycles. The first kappa shape index (κ1) is 41.5. The molecule has 1 aliphatic carbocycles. The summed E-state index contributed by atoms with van der Waals surface area (Å²) in [5.74, 6) is 0. The summed E-state index contributed by atoms with van der Waals surface area (Å²) in [6, 6.07) is 35.9. The number of nitro benzene ring substituents is 1. The number of fused-ring (bicyclic) bond motifs is 3. The highest BCUT2D eigenvalue weighted by Crippen LogP contribution is 2.47. The lowest BCUT2D eigenvalue weighted by Crippen LogP contribution is -2.27. The van der Waals surface area contributed by atoms with E-state index in [2.05, 4.69) is 151 Å². The molecule has 11 nitrogen and oxygen atoms in total. The van der Waals surface area contributed by atoms with Crippen molar-refractivity contribution < 1.29 is 9.50 Å². The second kappa shape index (κ2) is 16.6. The number of non-ortho nitro benzene ring substituents is 1. The lowest BCUT2D eigenvalue weighted by atomic mass is 9.81. The van der Waals surface area contributed by atoms with Gasteiger partial charge in [0.15, 0.2) is 11.1 Å². The van der Waals surface area contributed by atoms with Crippen LogP contribution in [0.15, 0.2) is 166 Å². The molecule has 62 heavy (non-hydrogen) atoms. The summed E-state index contributed by atoms with van der Waals surface area (Å²) in [5, 5.41) is 18.7. The molecule has 5 aromatic rings. The predicted molar refractivity (Wildman–Crippen MR) is 253 cm³/mol. The van der Waals surface area contributed by atoms with E-state index in [0.717, 1.165) is 36.3 Å². The fourth-order valence-corrected chi connectivity index (χ4v) is 9.19. The van der Waals surface area contributed by atoms with E-state index in [1.807, 2.05) is 36.4 Å². The molecule has 0 radical (unpaired) electrons. The Bertz CT molecular complexity index is 2900. The molecule has 0 saturated heterocycles. The molecule has 0 atom stereocenters. The van der Waals surface area contributed by atoms with Crippen molar-refractivity contribution in [1.82, 2.24) is 0 Å². The van der Waals surface area contributed by atoms with Gasteiger partial charge in [-0.05, 0) is 92.3 Å². The first-order valence-electron chi connectivity index (χ1n) is 21.0. The summed E-state index contributed by atoms with van der Waals surface area (Å²) in [6.45, 7) is 9.50. The van der Waals surface area contributed by atoms with Crippen LogP contribution in [0.4, 0.5) is 45.5 Å². The van der Waals surface area contributed by atoms with E-state index in [4.69, 9.17) is 11.5 Å². The molecule has 6 N–H and O–H groups in total. The quantitative estimate of drug-likeness (QED) is 0.0527. The molecule has 0 saturated carbocycles. The molecule has 0 fully saturated rings. The fraction of sp³-hybridized carbons (Fsp3) is 0.235. The summed E-state index contributed by atoms with van der Waals surface area (Å²) in [7, 11) is 4.36. The van der Waals surface area contributed by atoms with Crippen molar-refractivity contribution in [3.8, 4) is 0 Å². The summed E-state index contributed by atoms with van der Waals surface area (Å²) in [6.07, 6.45) is 12.5. The Balaban J connectivity index is 0.000000220. The van der Waals surface area contributed by atoms with Crippen molar-refractivity contribution in [3.05, 3.63) is 188 Å². The molecular weight excluding hydrogens is 771 g/mol. The third-order valence-corrected chi connectivity index (χ3v) is 12.5. The molecule has 314 valence electrons. The smallest absolute Gasteiger partial charge is 0.296 e. The highest BCUT2D eigenvalue weighted by Gasteiger charge is 2.42. The van der Waals surface area contributed by atoms with Crippen LogP contribution < -0.4 is 37.7 Å². The van der Waals surface area contributed by atoms with Gasteiger partial charge < -0.3 is 27.0 Å². The fourth-order valence-electron chi connectivity index (χ4n) is 9.19. The standard InChI is InChI=1S/C38H42N4.C13H11N5O2/c1-37(2)28-16-7-11-20-32(28)41(5)34(37)24-22-26-14-13-15-27(36(26)40-31-19-10-9-18-30(31)39)23-25-35-38(3,4)29-17-8-12-21-33(29)42(35)6;14-8-3-1-2-4-9(8)17-10-5-6-11(18(19)20)13-12(10)15-7-16-13/h7-12,16-25H,13-15,39H2,1-6H3;1-6,17H,7,14H2/p+1/b26-22+,34-24+;. The number of nitrogens with two attached hydrogens (primary N) is 2. The molecule has 4 aliphatic rings. The third-order valence-electron chi connectivity index (χ3n) is 12.5.